The van der Waals surface area contributed by atoms with Gasteiger partial charge < -0.3 is 21.1 Å². The summed E-state index contributed by atoms with van der Waals surface area (Å²) in [5, 5.41) is 17.4. The van der Waals surface area contributed by atoms with Crippen LogP contribution in [0, 0.1) is 0 Å². The summed E-state index contributed by atoms with van der Waals surface area (Å²) in [4.78, 5) is 22.3. The highest BCUT2D eigenvalue weighted by Gasteiger charge is 2.09. The van der Waals surface area contributed by atoms with E-state index in [4.69, 9.17) is 16.7 Å². The van der Waals surface area contributed by atoms with Crippen molar-refractivity contribution in [2.24, 2.45) is 0 Å². The Morgan fingerprint density at radius 2 is 2.05 bits per heavy atom. The van der Waals surface area contributed by atoms with Crippen molar-refractivity contribution in [3.05, 3.63) is 28.8 Å². The fourth-order valence-corrected chi connectivity index (χ4v) is 1.74. The van der Waals surface area contributed by atoms with Crippen LogP contribution in [0.4, 0.5) is 10.5 Å². The number of urea groups is 1. The molecule has 0 spiro atoms. The normalized spacial score (nSPS) is 10.1. The van der Waals surface area contributed by atoms with E-state index in [0.29, 0.717) is 12.2 Å². The number of carbonyl (C=O) groups excluding carboxylic acids is 1. The lowest BCUT2D eigenvalue weighted by molar-refractivity contribution is 0.0697. The summed E-state index contributed by atoms with van der Waals surface area (Å²) in [6, 6.07) is 3.77. The number of hydrogen-bond acceptors (Lipinski definition) is 3. The van der Waals surface area contributed by atoms with Gasteiger partial charge in [-0.1, -0.05) is 18.5 Å². The molecular formula is C13H18ClN3O3. The van der Waals surface area contributed by atoms with Crippen molar-refractivity contribution in [2.75, 3.05) is 25.0 Å². The Bertz CT molecular complexity index is 480. The number of aromatic carboxylic acids is 1. The van der Waals surface area contributed by atoms with Gasteiger partial charge in [-0.05, 0) is 37.7 Å². The van der Waals surface area contributed by atoms with Crippen LogP contribution in [0.5, 0.6) is 0 Å². The Kier molecular flexibility index (Phi) is 6.83. The molecule has 0 atom stereocenters. The standard InChI is InChI=1S/C13H18ClN3O3/c1-2-15-6-3-7-16-13(20)17-11-5-4-9(12(18)19)8-10(11)14/h4-5,8,15H,2-3,6-7H2,1H3,(H,18,19)(H2,16,17,20). The zero-order chi connectivity index (χ0) is 15.0. The number of halogens is 1. The van der Waals surface area contributed by atoms with Crippen LogP contribution in [0.15, 0.2) is 18.2 Å². The quantitative estimate of drug-likeness (QED) is 0.581. The molecule has 4 N–H and O–H groups in total. The van der Waals surface area contributed by atoms with E-state index in [2.05, 4.69) is 16.0 Å². The van der Waals surface area contributed by atoms with E-state index in [0.717, 1.165) is 19.5 Å². The molecule has 0 unspecified atom stereocenters. The largest absolute Gasteiger partial charge is 0.478 e. The van der Waals surface area contributed by atoms with Gasteiger partial charge in [-0.15, -0.1) is 0 Å². The third-order valence-corrected chi connectivity index (χ3v) is 2.84. The summed E-state index contributed by atoms with van der Waals surface area (Å²) in [7, 11) is 0. The second kappa shape index (κ2) is 8.39. The summed E-state index contributed by atoms with van der Waals surface area (Å²) in [5.74, 6) is -1.06. The minimum Gasteiger partial charge on any atom is -0.478 e. The van der Waals surface area contributed by atoms with Gasteiger partial charge in [-0.25, -0.2) is 9.59 Å². The first-order valence-corrected chi connectivity index (χ1v) is 6.70. The molecule has 1 aromatic carbocycles. The van der Waals surface area contributed by atoms with E-state index in [1.807, 2.05) is 6.92 Å². The summed E-state index contributed by atoms with van der Waals surface area (Å²) in [6.07, 6.45) is 0.826. The van der Waals surface area contributed by atoms with Gasteiger partial charge in [0, 0.05) is 6.54 Å². The van der Waals surface area contributed by atoms with Crippen molar-refractivity contribution in [3.63, 3.8) is 0 Å². The maximum absolute atomic E-state index is 11.6. The topological polar surface area (TPSA) is 90.5 Å². The highest BCUT2D eigenvalue weighted by molar-refractivity contribution is 6.34. The van der Waals surface area contributed by atoms with Crippen LogP contribution in [0.3, 0.4) is 0 Å². The Morgan fingerprint density at radius 3 is 2.65 bits per heavy atom. The maximum atomic E-state index is 11.6. The predicted octanol–water partition coefficient (Wildman–Crippen LogP) is 2.16. The molecule has 0 aromatic heterocycles. The Morgan fingerprint density at radius 1 is 1.30 bits per heavy atom. The Labute approximate surface area is 122 Å². The van der Waals surface area contributed by atoms with Gasteiger partial charge in [-0.2, -0.15) is 0 Å². The number of carboxylic acids is 1. The Balaban J connectivity index is 2.44. The average molecular weight is 300 g/mol. The molecule has 1 aromatic rings. The number of hydrogen-bond donors (Lipinski definition) is 4. The number of amides is 2. The second-order valence-corrected chi connectivity index (χ2v) is 4.49. The van der Waals surface area contributed by atoms with E-state index < -0.39 is 5.97 Å². The minimum atomic E-state index is -1.06. The first kappa shape index (κ1) is 16.3. The molecule has 0 aliphatic rings. The molecule has 7 heteroatoms. The summed E-state index contributed by atoms with van der Waals surface area (Å²) in [5.41, 5.74) is 0.451. The average Bonchev–Trinajstić information content (AvgIpc) is 2.40. The van der Waals surface area contributed by atoms with Gasteiger partial charge in [0.2, 0.25) is 0 Å². The highest BCUT2D eigenvalue weighted by atomic mass is 35.5. The van der Waals surface area contributed by atoms with Crippen LogP contribution >= 0.6 is 11.6 Å². The van der Waals surface area contributed by atoms with Crippen molar-refractivity contribution in [1.29, 1.82) is 0 Å². The monoisotopic (exact) mass is 299 g/mol. The van der Waals surface area contributed by atoms with E-state index in [9.17, 15) is 9.59 Å². The molecule has 0 aliphatic heterocycles. The molecule has 0 aliphatic carbocycles. The molecule has 0 saturated heterocycles. The molecule has 20 heavy (non-hydrogen) atoms. The number of rotatable bonds is 7. The number of carboxylic acid groups (broad SMARTS) is 1. The second-order valence-electron chi connectivity index (χ2n) is 4.09. The van der Waals surface area contributed by atoms with E-state index in [1.54, 1.807) is 0 Å². The van der Waals surface area contributed by atoms with E-state index >= 15 is 0 Å². The fraction of sp³-hybridized carbons (Fsp3) is 0.385. The van der Waals surface area contributed by atoms with Crippen LogP contribution < -0.4 is 16.0 Å². The van der Waals surface area contributed by atoms with Gasteiger partial charge in [0.1, 0.15) is 0 Å². The third kappa shape index (κ3) is 5.46. The van der Waals surface area contributed by atoms with Crippen molar-refractivity contribution >= 4 is 29.3 Å². The predicted molar refractivity (Wildman–Crippen MR) is 78.6 cm³/mol. The molecule has 6 nitrogen and oxygen atoms in total. The van der Waals surface area contributed by atoms with Crippen LogP contribution in [0.2, 0.25) is 5.02 Å². The van der Waals surface area contributed by atoms with Crippen molar-refractivity contribution in [2.45, 2.75) is 13.3 Å². The fourth-order valence-electron chi connectivity index (χ4n) is 1.51. The zero-order valence-corrected chi connectivity index (χ0v) is 12.0. The van der Waals surface area contributed by atoms with Crippen LogP contribution in [0.25, 0.3) is 0 Å². The van der Waals surface area contributed by atoms with Gasteiger partial charge in [0.05, 0.1) is 16.3 Å². The van der Waals surface area contributed by atoms with Crippen molar-refractivity contribution in [3.8, 4) is 0 Å². The number of nitrogens with one attached hydrogen (secondary N) is 3. The number of benzene rings is 1. The van der Waals surface area contributed by atoms with Crippen molar-refractivity contribution < 1.29 is 14.7 Å². The molecule has 0 bridgehead atoms. The van der Waals surface area contributed by atoms with Crippen molar-refractivity contribution in [1.82, 2.24) is 10.6 Å². The molecule has 0 heterocycles. The lowest BCUT2D eigenvalue weighted by Crippen LogP contribution is -2.31. The Hall–Kier alpha value is -1.79. The SMILES string of the molecule is CCNCCCNC(=O)Nc1ccc(C(=O)O)cc1Cl. The zero-order valence-electron chi connectivity index (χ0n) is 11.2. The smallest absolute Gasteiger partial charge is 0.335 e. The first-order chi connectivity index (χ1) is 9.54. The van der Waals surface area contributed by atoms with Crippen LogP contribution in [-0.4, -0.2) is 36.7 Å². The van der Waals surface area contributed by atoms with Gasteiger partial charge in [0.25, 0.3) is 0 Å². The molecular weight excluding hydrogens is 282 g/mol. The van der Waals surface area contributed by atoms with Crippen LogP contribution in [0.1, 0.15) is 23.7 Å². The molecule has 1 rings (SSSR count). The third-order valence-electron chi connectivity index (χ3n) is 2.53. The minimum absolute atomic E-state index is 0.0756. The van der Waals surface area contributed by atoms with E-state index in [1.165, 1.54) is 18.2 Å². The lowest BCUT2D eigenvalue weighted by atomic mass is 10.2. The van der Waals surface area contributed by atoms with Gasteiger partial charge in [-0.3, -0.25) is 0 Å². The summed E-state index contributed by atoms with van der Waals surface area (Å²) in [6.45, 7) is 4.30. The van der Waals surface area contributed by atoms with E-state index in [-0.39, 0.29) is 16.6 Å². The molecule has 2 amide bonds. The summed E-state index contributed by atoms with van der Waals surface area (Å²) < 4.78 is 0. The lowest BCUT2D eigenvalue weighted by Gasteiger charge is -2.09. The molecule has 0 fully saturated rings. The number of anilines is 1. The highest BCUT2D eigenvalue weighted by Crippen LogP contribution is 2.22. The summed E-state index contributed by atoms with van der Waals surface area (Å²) >= 11 is 5.90. The number of carbonyl (C=O) groups is 2. The first-order valence-electron chi connectivity index (χ1n) is 6.33. The van der Waals surface area contributed by atoms with Crippen LogP contribution in [-0.2, 0) is 0 Å². The molecule has 0 radical (unpaired) electrons. The van der Waals surface area contributed by atoms with Gasteiger partial charge in [0.15, 0.2) is 0 Å². The molecule has 0 saturated carbocycles. The molecule has 110 valence electrons. The van der Waals surface area contributed by atoms with Gasteiger partial charge >= 0.3 is 12.0 Å². The maximum Gasteiger partial charge on any atom is 0.335 e.